The molecule has 40 heavy (non-hydrogen) atoms. The number of carbonyl (C=O) groups is 2. The maximum atomic E-state index is 11.9. The quantitative estimate of drug-likeness (QED) is 0.186. The van der Waals surface area contributed by atoms with Crippen molar-refractivity contribution in [2.24, 2.45) is 0 Å². The fourth-order valence-electron chi connectivity index (χ4n) is 5.50. The molecule has 2 aromatic heterocycles. The first-order valence-electron chi connectivity index (χ1n) is 12.4. The van der Waals surface area contributed by atoms with E-state index in [0.717, 1.165) is 4.57 Å². The van der Waals surface area contributed by atoms with Gasteiger partial charge in [-0.25, -0.2) is 9.59 Å². The Labute approximate surface area is 223 Å². The second kappa shape index (κ2) is 9.34. The summed E-state index contributed by atoms with van der Waals surface area (Å²) in [5, 5.41) is 34.7. The molecule has 17 nitrogen and oxygen atoms in total. The molecular weight excluding hydrogens is 536 g/mol. The van der Waals surface area contributed by atoms with Crippen LogP contribution in [0.25, 0.3) is 0 Å². The van der Waals surface area contributed by atoms with Gasteiger partial charge >= 0.3 is 11.4 Å². The standard InChI is InChI=1S/C12H15N3O5.C11H13N3O6/c1-3-12-7(16)6(13-10(12)18)9(20-12)15-4-5(2)8(17)14-11(15)19;1-4-2-14(10(19)13-7(4)17)8-5-6(16)11(3-15,20-8)9(18)12-5/h4,6-7,9,16H,3H2,1-2H3,(H,13,18)(H,14,17,19);2,5-6,8,15-16H,3H2,1H3,(H,12,18)(H,13,17,19)/t6?,7-,9-,12-;5?,6-,8-,11-/m11/s1. The van der Waals surface area contributed by atoms with Gasteiger partial charge in [0, 0.05) is 23.5 Å². The Hall–Kier alpha value is -3.90. The molecule has 2 aromatic rings. The average molecular weight is 565 g/mol. The van der Waals surface area contributed by atoms with Crippen molar-refractivity contribution in [3.8, 4) is 0 Å². The van der Waals surface area contributed by atoms with Crippen molar-refractivity contribution in [1.82, 2.24) is 29.7 Å². The minimum atomic E-state index is -1.77. The molecule has 0 saturated carbocycles. The summed E-state index contributed by atoms with van der Waals surface area (Å²) in [4.78, 5) is 74.2. The molecule has 4 saturated heterocycles. The normalized spacial score (nSPS) is 35.4. The minimum absolute atomic E-state index is 0.287. The van der Waals surface area contributed by atoms with Crippen LogP contribution in [0.5, 0.6) is 0 Å². The lowest BCUT2D eigenvalue weighted by Crippen LogP contribution is -2.52. The maximum absolute atomic E-state index is 11.9. The average Bonchev–Trinajstić information content (AvgIpc) is 3.53. The smallest absolute Gasteiger partial charge is 0.330 e. The zero-order valence-electron chi connectivity index (χ0n) is 21.5. The van der Waals surface area contributed by atoms with Gasteiger partial charge in [-0.05, 0) is 20.3 Å². The van der Waals surface area contributed by atoms with Crippen LogP contribution in [0.1, 0.15) is 36.9 Å². The van der Waals surface area contributed by atoms with Gasteiger partial charge in [0.1, 0.15) is 24.3 Å². The van der Waals surface area contributed by atoms with Crippen LogP contribution >= 0.6 is 0 Å². The van der Waals surface area contributed by atoms with E-state index >= 15 is 0 Å². The Morgan fingerprint density at radius 3 is 1.55 bits per heavy atom. The van der Waals surface area contributed by atoms with Crippen LogP contribution in [0.2, 0.25) is 0 Å². The summed E-state index contributed by atoms with van der Waals surface area (Å²) in [6, 6.07) is -1.57. The number of nitrogens with zero attached hydrogens (tertiary/aromatic N) is 2. The number of H-pyrrole nitrogens is 2. The Bertz CT molecular complexity index is 1510. The summed E-state index contributed by atoms with van der Waals surface area (Å²) < 4.78 is 13.4. The fraction of sp³-hybridized carbons (Fsp3) is 0.565. The van der Waals surface area contributed by atoms with Crippen LogP contribution in [-0.4, -0.2) is 88.3 Å². The van der Waals surface area contributed by atoms with E-state index in [1.807, 2.05) is 0 Å². The lowest BCUT2D eigenvalue weighted by Gasteiger charge is -2.29. The van der Waals surface area contributed by atoms with Gasteiger partial charge in [0.05, 0.1) is 6.61 Å². The molecule has 4 fully saturated rings. The first kappa shape index (κ1) is 27.7. The van der Waals surface area contributed by atoms with Crippen molar-refractivity contribution >= 4 is 11.8 Å². The van der Waals surface area contributed by atoms with Crippen molar-refractivity contribution < 1.29 is 34.4 Å². The van der Waals surface area contributed by atoms with E-state index in [4.69, 9.17) is 9.47 Å². The maximum Gasteiger partial charge on any atom is 0.330 e. The van der Waals surface area contributed by atoms with E-state index in [0.29, 0.717) is 12.0 Å². The third kappa shape index (κ3) is 3.73. The number of aromatic amines is 2. The second-order valence-electron chi connectivity index (χ2n) is 10.2. The zero-order chi connectivity index (χ0) is 29.3. The topological polar surface area (TPSA) is 247 Å². The number of amides is 2. The van der Waals surface area contributed by atoms with Crippen molar-refractivity contribution in [3.63, 3.8) is 0 Å². The summed E-state index contributed by atoms with van der Waals surface area (Å²) in [6.07, 6.45) is -1.16. The van der Waals surface area contributed by atoms with E-state index in [9.17, 15) is 44.1 Å². The van der Waals surface area contributed by atoms with Crippen LogP contribution in [0, 0.1) is 13.8 Å². The number of fused-ring (bicyclic) bond motifs is 4. The molecule has 4 aliphatic heterocycles. The third-order valence-electron chi connectivity index (χ3n) is 7.88. The zero-order valence-corrected chi connectivity index (χ0v) is 21.5. The van der Waals surface area contributed by atoms with Crippen LogP contribution < -0.4 is 33.1 Å². The number of nitrogens with one attached hydrogen (secondary N) is 4. The minimum Gasteiger partial charge on any atom is -0.393 e. The number of morpholine rings is 2. The first-order chi connectivity index (χ1) is 18.8. The van der Waals surface area contributed by atoms with E-state index in [1.165, 1.54) is 23.9 Å². The van der Waals surface area contributed by atoms with Crippen molar-refractivity contribution in [3.05, 3.63) is 65.2 Å². The van der Waals surface area contributed by atoms with E-state index in [2.05, 4.69) is 20.6 Å². The van der Waals surface area contributed by atoms with Crippen molar-refractivity contribution in [1.29, 1.82) is 0 Å². The highest BCUT2D eigenvalue weighted by Crippen LogP contribution is 2.44. The summed E-state index contributed by atoms with van der Waals surface area (Å²) in [6.45, 7) is 4.10. The second-order valence-corrected chi connectivity index (χ2v) is 10.2. The lowest BCUT2D eigenvalue weighted by molar-refractivity contribution is -0.169. The third-order valence-corrected chi connectivity index (χ3v) is 7.88. The number of aromatic nitrogens is 4. The van der Waals surface area contributed by atoms with E-state index < -0.39 is 83.0 Å². The first-order valence-corrected chi connectivity index (χ1v) is 12.4. The van der Waals surface area contributed by atoms with Gasteiger partial charge in [-0.3, -0.25) is 38.3 Å². The van der Waals surface area contributed by atoms with E-state index in [-0.39, 0.29) is 11.5 Å². The number of ether oxygens (including phenoxy) is 2. The number of aliphatic hydroxyl groups excluding tert-OH is 3. The molecule has 8 atom stereocenters. The molecule has 2 amide bonds. The molecule has 7 N–H and O–H groups in total. The highest BCUT2D eigenvalue weighted by molar-refractivity contribution is 5.90. The predicted molar refractivity (Wildman–Crippen MR) is 131 cm³/mol. The number of aliphatic hydroxyl groups is 3. The summed E-state index contributed by atoms with van der Waals surface area (Å²) in [7, 11) is 0. The molecule has 0 aliphatic carbocycles. The Balaban J connectivity index is 0.000000161. The van der Waals surface area contributed by atoms with Gasteiger partial charge in [0.2, 0.25) is 0 Å². The van der Waals surface area contributed by atoms with E-state index in [1.54, 1.807) is 13.8 Å². The summed E-state index contributed by atoms with van der Waals surface area (Å²) in [5.41, 5.74) is -4.78. The molecule has 216 valence electrons. The van der Waals surface area contributed by atoms with Crippen LogP contribution in [0.15, 0.2) is 31.6 Å². The Morgan fingerprint density at radius 1 is 0.775 bits per heavy atom. The number of hydrogen-bond acceptors (Lipinski definition) is 11. The van der Waals surface area contributed by atoms with Crippen molar-refractivity contribution in [2.45, 2.75) is 75.1 Å². The Morgan fingerprint density at radius 2 is 1.18 bits per heavy atom. The van der Waals surface area contributed by atoms with Crippen LogP contribution in [0.3, 0.4) is 0 Å². The SMILES string of the molecule is CC[C@]12O[C@@H](n3cc(C)c(=O)[nH]c3=O)C(NC1=O)[C@H]2O.Cc1cn([C@@H]2O[C@@]3(CO)C(=O)NC2[C@H]3O)c(=O)[nH]c1=O. The molecule has 17 heteroatoms. The number of hydrogen-bond donors (Lipinski definition) is 7. The number of aryl methyl sites for hydroxylation is 2. The van der Waals surface area contributed by atoms with Gasteiger partial charge < -0.3 is 35.4 Å². The predicted octanol–water partition coefficient (Wildman–Crippen LogP) is -4.65. The molecular formula is C23H28N6O11. The van der Waals surface area contributed by atoms with Crippen molar-refractivity contribution in [2.75, 3.05) is 6.61 Å². The van der Waals surface area contributed by atoms with Gasteiger partial charge in [-0.15, -0.1) is 0 Å². The molecule has 0 spiro atoms. The number of carbonyl (C=O) groups excluding carboxylic acids is 2. The van der Waals surface area contributed by atoms with Crippen LogP contribution in [0.4, 0.5) is 0 Å². The van der Waals surface area contributed by atoms with Gasteiger partial charge in [-0.1, -0.05) is 6.92 Å². The molecule has 0 aromatic carbocycles. The van der Waals surface area contributed by atoms with Gasteiger partial charge in [0.15, 0.2) is 23.7 Å². The Kier molecular flexibility index (Phi) is 6.46. The molecule has 6 heterocycles. The summed E-state index contributed by atoms with van der Waals surface area (Å²) in [5.74, 6) is -0.995. The largest absolute Gasteiger partial charge is 0.393 e. The highest BCUT2D eigenvalue weighted by atomic mass is 16.6. The molecule has 0 radical (unpaired) electrons. The number of rotatable bonds is 4. The monoisotopic (exact) mass is 564 g/mol. The molecule has 6 rings (SSSR count). The summed E-state index contributed by atoms with van der Waals surface area (Å²) >= 11 is 0. The molecule has 4 bridgehead atoms. The molecule has 4 aliphatic rings. The van der Waals surface area contributed by atoms with Crippen LogP contribution in [-0.2, 0) is 19.1 Å². The fourth-order valence-corrected chi connectivity index (χ4v) is 5.50. The molecule has 2 unspecified atom stereocenters. The van der Waals surface area contributed by atoms with Gasteiger partial charge in [0.25, 0.3) is 22.9 Å². The lowest BCUT2D eigenvalue weighted by atomic mass is 9.96. The van der Waals surface area contributed by atoms with Gasteiger partial charge in [-0.2, -0.15) is 0 Å². The highest BCUT2D eigenvalue weighted by Gasteiger charge is 2.66.